The number of aliphatic hydroxyl groups excluding tert-OH is 3. The molecule has 7 nitrogen and oxygen atoms in total. The maximum absolute atomic E-state index is 12.1. The van der Waals surface area contributed by atoms with E-state index < -0.39 is 29.8 Å². The molecule has 7 heteroatoms. The number of carbonyl (C=O) groups excluding carboxylic acids is 1. The predicted octanol–water partition coefficient (Wildman–Crippen LogP) is 6.68. The van der Waals surface area contributed by atoms with Crippen molar-refractivity contribution in [2.45, 2.75) is 137 Å². The van der Waals surface area contributed by atoms with E-state index in [4.69, 9.17) is 9.47 Å². The Morgan fingerprint density at radius 3 is 2.34 bits per heavy atom. The van der Waals surface area contributed by atoms with Crippen LogP contribution in [-0.4, -0.2) is 63.3 Å². The Labute approximate surface area is 266 Å². The third kappa shape index (κ3) is 9.41. The summed E-state index contributed by atoms with van der Waals surface area (Å²) >= 11 is 0. The van der Waals surface area contributed by atoms with Crippen molar-refractivity contribution in [2.24, 2.45) is 23.7 Å². The van der Waals surface area contributed by atoms with Crippen LogP contribution in [0, 0.1) is 30.6 Å². The average molecular weight is 617 g/mol. The fraction of sp³-hybridized carbons (Fsp3) is 0.703. The molecule has 1 heterocycles. The van der Waals surface area contributed by atoms with Crippen LogP contribution in [0.3, 0.4) is 0 Å². The third-order valence-electron chi connectivity index (χ3n) is 9.81. The molecule has 0 fully saturated rings. The van der Waals surface area contributed by atoms with Gasteiger partial charge in [-0.2, -0.15) is 0 Å². The van der Waals surface area contributed by atoms with Gasteiger partial charge in [-0.3, -0.25) is 4.79 Å². The fourth-order valence-electron chi connectivity index (χ4n) is 6.86. The summed E-state index contributed by atoms with van der Waals surface area (Å²) in [5.74, 6) is 0.0988. The normalized spacial score (nSPS) is 28.6. The van der Waals surface area contributed by atoms with Gasteiger partial charge >= 0.3 is 0 Å². The Morgan fingerprint density at radius 1 is 1.14 bits per heavy atom. The van der Waals surface area contributed by atoms with E-state index in [-0.39, 0.29) is 35.6 Å². The number of aliphatic hydroxyl groups is 4. The minimum atomic E-state index is -1.34. The van der Waals surface area contributed by atoms with E-state index in [9.17, 15) is 25.2 Å². The molecular formula is C37H60O7. The van der Waals surface area contributed by atoms with Gasteiger partial charge in [0.25, 0.3) is 0 Å². The molecular weight excluding hydrogens is 556 g/mol. The van der Waals surface area contributed by atoms with Crippen molar-refractivity contribution in [3.63, 3.8) is 0 Å². The van der Waals surface area contributed by atoms with Crippen LogP contribution >= 0.6 is 0 Å². The van der Waals surface area contributed by atoms with Crippen LogP contribution in [0.1, 0.15) is 111 Å². The maximum Gasteiger partial charge on any atom is 0.138 e. The van der Waals surface area contributed by atoms with Crippen molar-refractivity contribution in [2.75, 3.05) is 7.11 Å². The van der Waals surface area contributed by atoms with Gasteiger partial charge in [0.15, 0.2) is 0 Å². The zero-order chi connectivity index (χ0) is 33.5. The van der Waals surface area contributed by atoms with Crippen molar-refractivity contribution < 1.29 is 34.7 Å². The monoisotopic (exact) mass is 616 g/mol. The summed E-state index contributed by atoms with van der Waals surface area (Å²) in [7, 11) is 1.61. The second-order valence-electron chi connectivity index (χ2n) is 13.8. The number of ether oxygens (including phenoxy) is 2. The van der Waals surface area contributed by atoms with Crippen molar-refractivity contribution in [3.05, 3.63) is 46.6 Å². The first-order valence-electron chi connectivity index (χ1n) is 16.5. The van der Waals surface area contributed by atoms with Crippen molar-refractivity contribution in [1.29, 1.82) is 0 Å². The lowest BCUT2D eigenvalue weighted by Gasteiger charge is -2.37. The van der Waals surface area contributed by atoms with E-state index in [1.165, 1.54) is 0 Å². The Kier molecular flexibility index (Phi) is 14.2. The number of methoxy groups -OCH3 is 1. The first-order valence-corrected chi connectivity index (χ1v) is 16.5. The molecule has 0 saturated carbocycles. The topological polar surface area (TPSA) is 116 Å². The average Bonchev–Trinajstić information content (AvgIpc) is 2.97. The molecule has 0 radical (unpaired) electrons. The molecule has 0 saturated heterocycles. The zero-order valence-corrected chi connectivity index (χ0v) is 29.1. The number of hydrogen-bond acceptors (Lipinski definition) is 7. The molecule has 2 bridgehead atoms. The molecule has 44 heavy (non-hydrogen) atoms. The standard InChI is InChI=1S/C37H60O7/c1-12-28-29-19-32(23(5)18-33(29)43-11)44-31(15-14-21(3)20-37(10,42)36(28)41)27(9)35(40)25(7)17-22(4)16-24(6)34(39)26(8)30(38)13-2/h14,16,18-19,24-28,31,34-36,39-42H,12-13,15,17,20H2,1-11H3/b21-14-,22-16+/t24-,25-,26-,27+,28+,31+,34+,35-,36-,37+/m0/s1. The predicted molar refractivity (Wildman–Crippen MR) is 177 cm³/mol. The van der Waals surface area contributed by atoms with Crippen LogP contribution in [0.15, 0.2) is 35.4 Å². The van der Waals surface area contributed by atoms with E-state index >= 15 is 0 Å². The molecule has 0 spiro atoms. The number of Topliss-reactive ketones (excluding diaryl/α,β-unsaturated/α-hetero) is 1. The molecule has 2 rings (SSSR count). The second kappa shape index (κ2) is 16.4. The number of ketones is 1. The van der Waals surface area contributed by atoms with Gasteiger partial charge in [0.05, 0.1) is 31.0 Å². The van der Waals surface area contributed by atoms with Crippen LogP contribution in [0.5, 0.6) is 11.5 Å². The molecule has 0 aliphatic carbocycles. The zero-order valence-electron chi connectivity index (χ0n) is 29.1. The summed E-state index contributed by atoms with van der Waals surface area (Å²) in [6, 6.07) is 3.85. The van der Waals surface area contributed by atoms with E-state index in [1.807, 2.05) is 73.6 Å². The maximum atomic E-state index is 12.1. The first kappa shape index (κ1) is 38.0. The molecule has 1 aliphatic rings. The molecule has 1 aromatic rings. The van der Waals surface area contributed by atoms with Gasteiger partial charge in [0, 0.05) is 42.1 Å². The van der Waals surface area contributed by atoms with Gasteiger partial charge in [-0.05, 0) is 70.6 Å². The highest BCUT2D eigenvalue weighted by atomic mass is 16.5. The van der Waals surface area contributed by atoms with Crippen LogP contribution in [0.25, 0.3) is 0 Å². The summed E-state index contributed by atoms with van der Waals surface area (Å²) in [6.07, 6.45) is 3.79. The quantitative estimate of drug-likeness (QED) is 0.194. The second-order valence-corrected chi connectivity index (χ2v) is 13.8. The summed E-state index contributed by atoms with van der Waals surface area (Å²) in [5, 5.41) is 45.0. The number of carbonyl (C=O) groups is 1. The third-order valence-corrected chi connectivity index (χ3v) is 9.81. The van der Waals surface area contributed by atoms with E-state index in [0.717, 1.165) is 22.3 Å². The van der Waals surface area contributed by atoms with Crippen LogP contribution < -0.4 is 9.47 Å². The number of allylic oxidation sites excluding steroid dienone is 1. The smallest absolute Gasteiger partial charge is 0.138 e. The Morgan fingerprint density at radius 2 is 1.77 bits per heavy atom. The molecule has 4 N–H and O–H groups in total. The van der Waals surface area contributed by atoms with Crippen LogP contribution in [0.4, 0.5) is 0 Å². The molecule has 250 valence electrons. The SMILES string of the molecule is CCC(=O)[C@H](C)[C@H](O)[C@@H](C)/C=C(\C)C[C@H](C)[C@H](O)[C@H](C)[C@H]1C/C=C(/C)C[C@@](C)(O)[C@@H](O)[C@H](CC)c2cc(c(C)cc2OC)O1. The highest BCUT2D eigenvalue weighted by Crippen LogP contribution is 2.41. The Hall–Kier alpha value is -2.19. The summed E-state index contributed by atoms with van der Waals surface area (Å²) in [4.78, 5) is 12.1. The van der Waals surface area contributed by atoms with Crippen LogP contribution in [-0.2, 0) is 4.79 Å². The van der Waals surface area contributed by atoms with Crippen LogP contribution in [0.2, 0.25) is 0 Å². The fourth-order valence-corrected chi connectivity index (χ4v) is 6.86. The highest BCUT2D eigenvalue weighted by molar-refractivity contribution is 5.80. The molecule has 1 aliphatic heterocycles. The summed E-state index contributed by atoms with van der Waals surface area (Å²) < 4.78 is 12.4. The van der Waals surface area contributed by atoms with E-state index in [0.29, 0.717) is 43.6 Å². The minimum Gasteiger partial charge on any atom is -0.496 e. The number of fused-ring (bicyclic) bond motifs is 2. The molecule has 0 amide bonds. The van der Waals surface area contributed by atoms with Gasteiger partial charge < -0.3 is 29.9 Å². The summed E-state index contributed by atoms with van der Waals surface area (Å²) in [6.45, 7) is 19.2. The number of aryl methyl sites for hydroxylation is 1. The van der Waals surface area contributed by atoms with Gasteiger partial charge in [-0.15, -0.1) is 0 Å². The van der Waals surface area contributed by atoms with Gasteiger partial charge in [-0.1, -0.05) is 64.8 Å². The van der Waals surface area contributed by atoms with Gasteiger partial charge in [-0.25, -0.2) is 0 Å². The molecule has 10 atom stereocenters. The van der Waals surface area contributed by atoms with Crippen molar-refractivity contribution in [1.82, 2.24) is 0 Å². The molecule has 1 aromatic carbocycles. The highest BCUT2D eigenvalue weighted by Gasteiger charge is 2.39. The number of rotatable bonds is 12. The minimum absolute atomic E-state index is 0.0542. The Balaban J connectivity index is 2.39. The molecule has 0 aromatic heterocycles. The largest absolute Gasteiger partial charge is 0.496 e. The lowest BCUT2D eigenvalue weighted by molar-refractivity contribution is -0.126. The number of hydrogen-bond donors (Lipinski definition) is 4. The van der Waals surface area contributed by atoms with Crippen molar-refractivity contribution in [3.8, 4) is 11.5 Å². The first-order chi connectivity index (χ1) is 20.5. The van der Waals surface area contributed by atoms with Gasteiger partial charge in [0.2, 0.25) is 0 Å². The molecule has 0 unspecified atom stereocenters. The van der Waals surface area contributed by atoms with E-state index in [1.54, 1.807) is 21.0 Å². The van der Waals surface area contributed by atoms with E-state index in [2.05, 4.69) is 6.08 Å². The lowest BCUT2D eigenvalue weighted by atomic mass is 9.78. The number of benzene rings is 1. The van der Waals surface area contributed by atoms with Gasteiger partial charge in [0.1, 0.15) is 23.4 Å². The summed E-state index contributed by atoms with van der Waals surface area (Å²) in [5.41, 5.74) is 2.34. The lowest BCUT2D eigenvalue weighted by Crippen LogP contribution is -2.43. The van der Waals surface area contributed by atoms with Crippen molar-refractivity contribution >= 4 is 5.78 Å². The Bertz CT molecular complexity index is 1150.